The van der Waals surface area contributed by atoms with E-state index in [0.29, 0.717) is 18.7 Å². The number of likely N-dealkylation sites (tertiary alicyclic amines) is 2. The molecule has 0 spiro atoms. The largest absolute Gasteiger partial charge is 0.457 e. The Morgan fingerprint density at radius 3 is 2.29 bits per heavy atom. The number of aldehydes is 1. The second-order valence-corrected chi connectivity index (χ2v) is 16.1. The van der Waals surface area contributed by atoms with Crippen LogP contribution >= 0.6 is 0 Å². The number of benzene rings is 3. The second kappa shape index (κ2) is 19.0. The average Bonchev–Trinajstić information content (AvgIpc) is 3.91. The van der Waals surface area contributed by atoms with E-state index in [1.54, 1.807) is 13.4 Å². The van der Waals surface area contributed by atoms with E-state index in [2.05, 4.69) is 57.0 Å². The van der Waals surface area contributed by atoms with E-state index in [1.165, 1.54) is 31.7 Å². The smallest absolute Gasteiger partial charge is 0.242 e. The Morgan fingerprint density at radius 2 is 1.56 bits per heavy atom. The lowest BCUT2D eigenvalue weighted by Crippen LogP contribution is -2.48. The van der Waals surface area contributed by atoms with E-state index in [1.807, 2.05) is 66.7 Å². The molecule has 14 nitrogen and oxygen atoms in total. The van der Waals surface area contributed by atoms with E-state index in [0.717, 1.165) is 117 Å². The summed E-state index contributed by atoms with van der Waals surface area (Å²) >= 11 is 0. The first-order chi connectivity index (χ1) is 28.9. The van der Waals surface area contributed by atoms with Crippen molar-refractivity contribution in [1.82, 2.24) is 39.8 Å². The highest BCUT2D eigenvalue weighted by Crippen LogP contribution is 2.35. The van der Waals surface area contributed by atoms with Crippen molar-refractivity contribution in [2.75, 3.05) is 95.0 Å². The van der Waals surface area contributed by atoms with Crippen LogP contribution in [0.1, 0.15) is 38.1 Å². The van der Waals surface area contributed by atoms with Crippen LogP contribution in [0.15, 0.2) is 85.2 Å². The standard InChI is InChI=1S/C45H57N11O3/c1-47-45(58)40(8-5-29-57)50-35-11-13-36(14-12-35)55-27-25-54(26-28-55)31-33-17-20-53(30-33)24-23-52-21-18-37(19-22-52)56-44-41(43(46)48-32-49-44)42(51-56)34-9-15-39(16-10-34)59-38-6-3-2-4-7-38/h2-4,6-7,9-16,29,32-33,37,40,50H,5,8,17-28,30-31H2,1H3,(H,47,58)(H2,46,48,49). The topological polar surface area (TPSA) is 150 Å². The van der Waals surface area contributed by atoms with Gasteiger partial charge in [-0.3, -0.25) is 9.69 Å². The minimum Gasteiger partial charge on any atom is -0.457 e. The Balaban J connectivity index is 0.772. The van der Waals surface area contributed by atoms with Crippen LogP contribution in [0.2, 0.25) is 0 Å². The van der Waals surface area contributed by atoms with Gasteiger partial charge in [-0.2, -0.15) is 5.10 Å². The summed E-state index contributed by atoms with van der Waals surface area (Å²) in [4.78, 5) is 42.5. The van der Waals surface area contributed by atoms with Gasteiger partial charge in [-0.05, 0) is 98.8 Å². The third-order valence-corrected chi connectivity index (χ3v) is 12.2. The molecule has 14 heteroatoms. The molecule has 3 aliphatic heterocycles. The fourth-order valence-electron chi connectivity index (χ4n) is 8.89. The molecule has 2 aromatic heterocycles. The third-order valence-electron chi connectivity index (χ3n) is 12.2. The number of carbonyl (C=O) groups excluding carboxylic acids is 2. The Bertz CT molecular complexity index is 2130. The molecule has 2 atom stereocenters. The van der Waals surface area contributed by atoms with Crippen molar-refractivity contribution < 1.29 is 14.3 Å². The number of para-hydroxylation sites is 1. The molecular weight excluding hydrogens is 743 g/mol. The SMILES string of the molecule is CNC(=O)C(CCC=O)Nc1ccc(N2CCN(CC3CCN(CCN4CCC(n5nc(-c6ccc(Oc7ccccc7)cc6)c6c(N)ncnc65)CC4)C3)CC2)cc1. The molecule has 0 radical (unpaired) electrons. The number of aromatic nitrogens is 4. The van der Waals surface area contributed by atoms with Gasteiger partial charge in [0.2, 0.25) is 5.91 Å². The summed E-state index contributed by atoms with van der Waals surface area (Å²) in [7, 11) is 1.62. The van der Waals surface area contributed by atoms with Crippen LogP contribution in [-0.4, -0.2) is 132 Å². The molecule has 4 N–H and O–H groups in total. The number of piperazine rings is 1. The van der Waals surface area contributed by atoms with E-state index >= 15 is 0 Å². The Hall–Kier alpha value is -5.57. The second-order valence-electron chi connectivity index (χ2n) is 16.1. The van der Waals surface area contributed by atoms with Gasteiger partial charge in [0.1, 0.15) is 41.7 Å². The molecule has 2 unspecified atom stereocenters. The quantitative estimate of drug-likeness (QED) is 0.113. The van der Waals surface area contributed by atoms with Crippen LogP contribution in [0.5, 0.6) is 11.5 Å². The lowest BCUT2D eigenvalue weighted by molar-refractivity contribution is -0.121. The van der Waals surface area contributed by atoms with Crippen LogP contribution in [0.4, 0.5) is 17.2 Å². The van der Waals surface area contributed by atoms with Crippen molar-refractivity contribution in [1.29, 1.82) is 0 Å². The van der Waals surface area contributed by atoms with Crippen molar-refractivity contribution in [2.45, 2.75) is 44.2 Å². The number of nitrogens with two attached hydrogens (primary N) is 1. The molecule has 8 rings (SSSR count). The number of amides is 1. The van der Waals surface area contributed by atoms with Gasteiger partial charge in [-0.15, -0.1) is 0 Å². The number of anilines is 3. The number of fused-ring (bicyclic) bond motifs is 1. The number of likely N-dealkylation sites (N-methyl/N-ethyl adjacent to an activating group) is 1. The normalized spacial score (nSPS) is 18.9. The van der Waals surface area contributed by atoms with Crippen molar-refractivity contribution in [2.24, 2.45) is 5.92 Å². The maximum Gasteiger partial charge on any atom is 0.242 e. The molecule has 59 heavy (non-hydrogen) atoms. The highest BCUT2D eigenvalue weighted by atomic mass is 16.5. The van der Waals surface area contributed by atoms with E-state index in [-0.39, 0.29) is 11.9 Å². The number of nitrogen functional groups attached to an aromatic ring is 1. The molecule has 0 saturated carbocycles. The summed E-state index contributed by atoms with van der Waals surface area (Å²) in [6.07, 6.45) is 6.51. The number of rotatable bonds is 16. The van der Waals surface area contributed by atoms with Gasteiger partial charge >= 0.3 is 0 Å². The average molecular weight is 800 g/mol. The van der Waals surface area contributed by atoms with E-state index in [4.69, 9.17) is 15.6 Å². The number of nitrogens with one attached hydrogen (secondary N) is 2. The predicted octanol–water partition coefficient (Wildman–Crippen LogP) is 5.15. The van der Waals surface area contributed by atoms with Crippen LogP contribution in [-0.2, 0) is 9.59 Å². The van der Waals surface area contributed by atoms with Crippen molar-refractivity contribution in [3.05, 3.63) is 85.2 Å². The highest BCUT2D eigenvalue weighted by molar-refractivity contribution is 5.98. The zero-order valence-corrected chi connectivity index (χ0v) is 34.1. The first kappa shape index (κ1) is 40.2. The Kier molecular flexibility index (Phi) is 13.0. The summed E-state index contributed by atoms with van der Waals surface area (Å²) in [5, 5.41) is 11.9. The van der Waals surface area contributed by atoms with Crippen molar-refractivity contribution in [3.63, 3.8) is 0 Å². The van der Waals surface area contributed by atoms with E-state index in [9.17, 15) is 9.59 Å². The van der Waals surface area contributed by atoms with Gasteiger partial charge in [-0.1, -0.05) is 18.2 Å². The van der Waals surface area contributed by atoms with Gasteiger partial charge < -0.3 is 40.6 Å². The summed E-state index contributed by atoms with van der Waals surface area (Å²) in [5.74, 6) is 2.61. The summed E-state index contributed by atoms with van der Waals surface area (Å²) in [6.45, 7) is 11.9. The number of nitrogens with zero attached hydrogens (tertiary/aromatic N) is 8. The summed E-state index contributed by atoms with van der Waals surface area (Å²) in [6, 6.07) is 25.9. The van der Waals surface area contributed by atoms with Crippen LogP contribution in [0, 0.1) is 5.92 Å². The maximum absolute atomic E-state index is 12.2. The van der Waals surface area contributed by atoms with Gasteiger partial charge in [0.25, 0.3) is 0 Å². The molecule has 3 fully saturated rings. The van der Waals surface area contributed by atoms with Gasteiger partial charge in [-0.25, -0.2) is 14.6 Å². The van der Waals surface area contributed by atoms with Gasteiger partial charge in [0, 0.05) is 95.9 Å². The molecule has 3 saturated heterocycles. The number of carbonyl (C=O) groups is 2. The monoisotopic (exact) mass is 799 g/mol. The lowest BCUT2D eigenvalue weighted by atomic mass is 10.1. The Morgan fingerprint density at radius 1 is 0.847 bits per heavy atom. The molecule has 1 amide bonds. The molecule has 0 bridgehead atoms. The van der Waals surface area contributed by atoms with Crippen molar-refractivity contribution in [3.8, 4) is 22.8 Å². The highest BCUT2D eigenvalue weighted by Gasteiger charge is 2.29. The van der Waals surface area contributed by atoms with E-state index < -0.39 is 6.04 Å². The lowest BCUT2D eigenvalue weighted by Gasteiger charge is -2.37. The molecule has 310 valence electrons. The first-order valence-electron chi connectivity index (χ1n) is 21.2. The fraction of sp³-hybridized carbons (Fsp3) is 0.444. The summed E-state index contributed by atoms with van der Waals surface area (Å²) in [5.41, 5.74) is 11.1. The zero-order chi connectivity index (χ0) is 40.6. The van der Waals surface area contributed by atoms with Gasteiger partial charge in [0.15, 0.2) is 5.65 Å². The fourth-order valence-corrected chi connectivity index (χ4v) is 8.89. The third kappa shape index (κ3) is 9.84. The molecule has 3 aliphatic rings. The maximum atomic E-state index is 12.2. The van der Waals surface area contributed by atoms with Crippen molar-refractivity contribution >= 4 is 40.4 Å². The number of ether oxygens (including phenoxy) is 1. The first-order valence-corrected chi connectivity index (χ1v) is 21.2. The molecule has 3 aromatic carbocycles. The van der Waals surface area contributed by atoms with Crippen LogP contribution < -0.4 is 26.0 Å². The molecular formula is C45H57N11O3. The minimum absolute atomic E-state index is 0.110. The zero-order valence-electron chi connectivity index (χ0n) is 34.1. The summed E-state index contributed by atoms with van der Waals surface area (Å²) < 4.78 is 8.11. The number of hydrogen-bond donors (Lipinski definition) is 3. The Labute approximate surface area is 346 Å². The molecule has 5 heterocycles. The molecule has 0 aliphatic carbocycles. The van der Waals surface area contributed by atoms with Crippen LogP contribution in [0.3, 0.4) is 0 Å². The number of piperidine rings is 1. The van der Waals surface area contributed by atoms with Crippen LogP contribution in [0.25, 0.3) is 22.3 Å². The number of hydrogen-bond acceptors (Lipinski definition) is 12. The van der Waals surface area contributed by atoms with Gasteiger partial charge in [0.05, 0.1) is 11.4 Å². The molecule has 5 aromatic rings. The predicted molar refractivity (Wildman–Crippen MR) is 233 cm³/mol. The minimum atomic E-state index is -0.427.